The first kappa shape index (κ1) is 17.8. The Morgan fingerprint density at radius 2 is 1.91 bits per heavy atom. The number of hydrogen-bond acceptors (Lipinski definition) is 3. The Hall–Kier alpha value is -1.56. The molecule has 0 atom stereocenters. The van der Waals surface area contributed by atoms with Gasteiger partial charge >= 0.3 is 0 Å². The van der Waals surface area contributed by atoms with Gasteiger partial charge in [0, 0.05) is 5.56 Å². The van der Waals surface area contributed by atoms with Crippen LogP contribution in [0.25, 0.3) is 0 Å². The van der Waals surface area contributed by atoms with Crippen LogP contribution >= 0.6 is 11.6 Å². The summed E-state index contributed by atoms with van der Waals surface area (Å²) in [5, 5.41) is 6.45. The summed E-state index contributed by atoms with van der Waals surface area (Å²) in [7, 11) is 2.28. The molecular formula is C16H20Cl2N4O. The van der Waals surface area contributed by atoms with Crippen molar-refractivity contribution in [1.82, 2.24) is 10.2 Å². The fraction of sp³-hybridized carbons (Fsp3) is 0.375. The number of nitrogens with one attached hydrogen (secondary N) is 1. The number of rotatable bonds is 3. The molecule has 0 amide bonds. The Kier molecular flexibility index (Phi) is 5.68. The topological polar surface area (TPSA) is 49.0 Å². The van der Waals surface area contributed by atoms with Gasteiger partial charge in [0.25, 0.3) is 5.56 Å². The standard InChI is InChI=1S/C16H19ClN4O.ClH/c1-21(12-13-5-3-2-4-6-13)9-7-20(8-10-21)14-11-18-19-16(22)15(14)17;/h2-6,11H,7-10,12H2,1H3;1H. The van der Waals surface area contributed by atoms with Crippen LogP contribution < -0.4 is 22.9 Å². The largest absolute Gasteiger partial charge is 1.00 e. The molecule has 2 heterocycles. The predicted molar refractivity (Wildman–Crippen MR) is 88.1 cm³/mol. The number of H-pyrrole nitrogens is 1. The number of aromatic amines is 1. The van der Waals surface area contributed by atoms with E-state index in [1.165, 1.54) is 5.56 Å². The molecule has 1 aromatic heterocycles. The highest BCUT2D eigenvalue weighted by atomic mass is 35.5. The Morgan fingerprint density at radius 1 is 1.26 bits per heavy atom. The molecule has 0 spiro atoms. The van der Waals surface area contributed by atoms with Crippen LogP contribution in [0.5, 0.6) is 0 Å². The van der Waals surface area contributed by atoms with Gasteiger partial charge in [-0.1, -0.05) is 41.9 Å². The van der Waals surface area contributed by atoms with E-state index in [-0.39, 0.29) is 23.0 Å². The number of hydrogen-bond donors (Lipinski definition) is 1. The molecule has 1 aromatic carbocycles. The lowest BCUT2D eigenvalue weighted by molar-refractivity contribution is -0.923. The lowest BCUT2D eigenvalue weighted by atomic mass is 10.1. The summed E-state index contributed by atoms with van der Waals surface area (Å²) in [6, 6.07) is 10.6. The molecular weight excluding hydrogens is 335 g/mol. The van der Waals surface area contributed by atoms with Crippen LogP contribution in [-0.2, 0) is 6.54 Å². The summed E-state index contributed by atoms with van der Waals surface area (Å²) in [5.74, 6) is 0. The van der Waals surface area contributed by atoms with Crippen LogP contribution in [0.1, 0.15) is 5.56 Å². The zero-order valence-electron chi connectivity index (χ0n) is 13.0. The van der Waals surface area contributed by atoms with Crippen molar-refractivity contribution >= 4 is 17.3 Å². The maximum absolute atomic E-state index is 11.6. The number of aromatic nitrogens is 2. The van der Waals surface area contributed by atoms with Crippen molar-refractivity contribution in [3.8, 4) is 0 Å². The first-order chi connectivity index (χ1) is 10.6. The summed E-state index contributed by atoms with van der Waals surface area (Å²) in [6.07, 6.45) is 1.64. The van der Waals surface area contributed by atoms with Crippen molar-refractivity contribution in [3.63, 3.8) is 0 Å². The molecule has 7 heteroatoms. The predicted octanol–water partition coefficient (Wildman–Crippen LogP) is -1.11. The highest BCUT2D eigenvalue weighted by Crippen LogP contribution is 2.24. The first-order valence-electron chi connectivity index (χ1n) is 7.43. The molecule has 124 valence electrons. The van der Waals surface area contributed by atoms with E-state index in [2.05, 4.69) is 46.4 Å². The Morgan fingerprint density at radius 3 is 2.57 bits per heavy atom. The third kappa shape index (κ3) is 4.05. The average Bonchev–Trinajstić information content (AvgIpc) is 2.52. The zero-order valence-corrected chi connectivity index (χ0v) is 14.5. The van der Waals surface area contributed by atoms with Gasteiger partial charge in [0.15, 0.2) is 0 Å². The van der Waals surface area contributed by atoms with Gasteiger partial charge in [-0.3, -0.25) is 4.79 Å². The van der Waals surface area contributed by atoms with E-state index in [9.17, 15) is 4.79 Å². The highest BCUT2D eigenvalue weighted by Gasteiger charge is 2.30. The smallest absolute Gasteiger partial charge is 0.285 e. The van der Waals surface area contributed by atoms with Gasteiger partial charge in [-0.05, 0) is 0 Å². The highest BCUT2D eigenvalue weighted by molar-refractivity contribution is 6.32. The summed E-state index contributed by atoms with van der Waals surface area (Å²) in [5.41, 5.74) is 1.76. The van der Waals surface area contributed by atoms with Crippen molar-refractivity contribution in [1.29, 1.82) is 0 Å². The molecule has 0 aliphatic carbocycles. The number of quaternary nitrogens is 1. The summed E-state index contributed by atoms with van der Waals surface area (Å²) in [4.78, 5) is 13.7. The molecule has 1 fully saturated rings. The first-order valence-corrected chi connectivity index (χ1v) is 7.81. The van der Waals surface area contributed by atoms with Gasteiger partial charge in [0.2, 0.25) is 0 Å². The number of piperazine rings is 1. The maximum atomic E-state index is 11.6. The zero-order chi connectivity index (χ0) is 15.6. The van der Waals surface area contributed by atoms with E-state index < -0.39 is 0 Å². The molecule has 1 saturated heterocycles. The minimum atomic E-state index is -0.328. The number of halogens is 2. The van der Waals surface area contributed by atoms with E-state index >= 15 is 0 Å². The Bertz CT molecular complexity index is 697. The van der Waals surface area contributed by atoms with Crippen LogP contribution in [-0.4, -0.2) is 47.9 Å². The van der Waals surface area contributed by atoms with Crippen molar-refractivity contribution in [2.24, 2.45) is 0 Å². The van der Waals surface area contributed by atoms with Gasteiger partial charge in [-0.2, -0.15) is 5.10 Å². The number of benzene rings is 1. The summed E-state index contributed by atoms with van der Waals surface area (Å²) >= 11 is 6.10. The van der Waals surface area contributed by atoms with Crippen molar-refractivity contribution in [3.05, 3.63) is 57.5 Å². The Balaban J connectivity index is 0.00000192. The second kappa shape index (κ2) is 7.34. The number of nitrogens with zero attached hydrogens (tertiary/aromatic N) is 3. The molecule has 1 aliphatic rings. The molecule has 23 heavy (non-hydrogen) atoms. The van der Waals surface area contributed by atoms with E-state index in [0.29, 0.717) is 0 Å². The van der Waals surface area contributed by atoms with Gasteiger partial charge in [0.1, 0.15) is 11.6 Å². The van der Waals surface area contributed by atoms with Gasteiger partial charge in [-0.25, -0.2) is 5.10 Å². The minimum Gasteiger partial charge on any atom is -1.00 e. The van der Waals surface area contributed by atoms with Gasteiger partial charge in [0.05, 0.1) is 45.1 Å². The molecule has 0 unspecified atom stereocenters. The van der Waals surface area contributed by atoms with E-state index in [1.807, 2.05) is 6.07 Å². The monoisotopic (exact) mass is 354 g/mol. The van der Waals surface area contributed by atoms with E-state index in [0.717, 1.165) is 42.9 Å². The summed E-state index contributed by atoms with van der Waals surface area (Å²) in [6.45, 7) is 4.79. The molecule has 0 radical (unpaired) electrons. The third-order valence-corrected chi connectivity index (χ3v) is 4.71. The average molecular weight is 355 g/mol. The lowest BCUT2D eigenvalue weighted by Gasteiger charge is -2.42. The fourth-order valence-electron chi connectivity index (χ4n) is 2.97. The molecule has 1 aliphatic heterocycles. The second-order valence-electron chi connectivity index (χ2n) is 6.10. The molecule has 1 N–H and O–H groups in total. The normalized spacial score (nSPS) is 16.7. The van der Waals surface area contributed by atoms with Crippen molar-refractivity contribution in [2.75, 3.05) is 38.1 Å². The van der Waals surface area contributed by atoms with Crippen LogP contribution in [0.4, 0.5) is 5.69 Å². The van der Waals surface area contributed by atoms with Crippen molar-refractivity contribution in [2.45, 2.75) is 6.54 Å². The molecule has 0 saturated carbocycles. The number of likely N-dealkylation sites (N-methyl/N-ethyl adjacent to an activating group) is 1. The van der Waals surface area contributed by atoms with Crippen LogP contribution in [0.3, 0.4) is 0 Å². The van der Waals surface area contributed by atoms with Crippen molar-refractivity contribution < 1.29 is 16.9 Å². The molecule has 2 aromatic rings. The fourth-order valence-corrected chi connectivity index (χ4v) is 3.18. The maximum Gasteiger partial charge on any atom is 0.285 e. The van der Waals surface area contributed by atoms with E-state index in [4.69, 9.17) is 11.6 Å². The molecule has 5 nitrogen and oxygen atoms in total. The van der Waals surface area contributed by atoms with Gasteiger partial charge < -0.3 is 21.8 Å². The van der Waals surface area contributed by atoms with Crippen LogP contribution in [0, 0.1) is 0 Å². The lowest BCUT2D eigenvalue weighted by Crippen LogP contribution is -3.00. The Labute approximate surface area is 146 Å². The summed E-state index contributed by atoms with van der Waals surface area (Å²) < 4.78 is 0.995. The second-order valence-corrected chi connectivity index (χ2v) is 6.47. The van der Waals surface area contributed by atoms with Gasteiger partial charge in [-0.15, -0.1) is 0 Å². The quantitative estimate of drug-likeness (QED) is 0.711. The molecule has 3 rings (SSSR count). The SMILES string of the molecule is C[N+]1(Cc2ccccc2)CCN(c2cn[nH]c(=O)c2Cl)CC1.[Cl-]. The van der Waals surface area contributed by atoms with Crippen LogP contribution in [0.2, 0.25) is 5.02 Å². The third-order valence-electron chi connectivity index (χ3n) is 4.34. The number of anilines is 1. The molecule has 0 bridgehead atoms. The minimum absolute atomic E-state index is 0. The van der Waals surface area contributed by atoms with Crippen LogP contribution in [0.15, 0.2) is 41.3 Å². The van der Waals surface area contributed by atoms with E-state index in [1.54, 1.807) is 6.20 Å².